The minimum Gasteiger partial charge on any atom is -0.358 e. The third-order valence-corrected chi connectivity index (χ3v) is 9.74. The zero-order valence-corrected chi connectivity index (χ0v) is 27.6. The van der Waals surface area contributed by atoms with Crippen LogP contribution in [0.15, 0.2) is 101 Å². The highest BCUT2D eigenvalue weighted by molar-refractivity contribution is 9.10. The van der Waals surface area contributed by atoms with Gasteiger partial charge in [-0.05, 0) is 68.0 Å². The molecule has 246 valence electrons. The van der Waals surface area contributed by atoms with Crippen LogP contribution in [0.2, 0.25) is 0 Å². The second kappa shape index (κ2) is 12.0. The lowest BCUT2D eigenvalue weighted by Gasteiger charge is -2.47. The average molecular weight is 720 g/mol. The van der Waals surface area contributed by atoms with Gasteiger partial charge in [0, 0.05) is 47.2 Å². The monoisotopic (exact) mass is 718 g/mol. The highest BCUT2D eigenvalue weighted by Crippen LogP contribution is 2.45. The number of benzene rings is 3. The van der Waals surface area contributed by atoms with Crippen LogP contribution in [0.5, 0.6) is 0 Å². The van der Waals surface area contributed by atoms with E-state index in [1.54, 1.807) is 27.7 Å². The molecule has 4 aromatic rings. The topological polar surface area (TPSA) is 83.3 Å². The van der Waals surface area contributed by atoms with Gasteiger partial charge in [-0.2, -0.15) is 28.3 Å². The summed E-state index contributed by atoms with van der Waals surface area (Å²) in [5, 5.41) is 6.30. The third kappa shape index (κ3) is 5.55. The first kappa shape index (κ1) is 31.7. The van der Waals surface area contributed by atoms with Crippen LogP contribution >= 0.6 is 15.9 Å². The fourth-order valence-corrected chi connectivity index (χ4v) is 7.23. The van der Waals surface area contributed by atoms with E-state index in [2.05, 4.69) is 27.5 Å². The Labute approximate surface area is 283 Å². The molecule has 3 aliphatic heterocycles. The Balaban J connectivity index is 1.26. The van der Waals surface area contributed by atoms with Crippen molar-refractivity contribution in [3.05, 3.63) is 124 Å². The summed E-state index contributed by atoms with van der Waals surface area (Å²) in [4.78, 5) is 41.3. The third-order valence-electron chi connectivity index (χ3n) is 9.05. The Morgan fingerprint density at radius 3 is 2.48 bits per heavy atom. The predicted octanol–water partition coefficient (Wildman–Crippen LogP) is 7.12. The molecule has 3 atom stereocenters. The lowest BCUT2D eigenvalue weighted by Crippen LogP contribution is -2.56. The lowest BCUT2D eigenvalue weighted by molar-refractivity contribution is -0.138. The molecule has 1 fully saturated rings. The van der Waals surface area contributed by atoms with Crippen LogP contribution in [0.1, 0.15) is 52.0 Å². The summed E-state index contributed by atoms with van der Waals surface area (Å²) in [5.74, 6) is 0.264. The van der Waals surface area contributed by atoms with E-state index in [9.17, 15) is 22.8 Å². The zero-order chi connectivity index (χ0) is 33.9. The molecular formula is C35H30BrF3N6O3. The number of alkyl halides is 3. The maximum atomic E-state index is 14.5. The molecule has 1 aromatic heterocycles. The summed E-state index contributed by atoms with van der Waals surface area (Å²) < 4.78 is 42.7. The van der Waals surface area contributed by atoms with Crippen molar-refractivity contribution < 1.29 is 27.6 Å². The van der Waals surface area contributed by atoms with E-state index in [0.717, 1.165) is 22.8 Å². The smallest absolute Gasteiger partial charge is 0.358 e. The molecule has 9 nitrogen and oxygen atoms in total. The number of rotatable bonds is 5. The SMILES string of the molecule is C=C1N=C(c2ccc(N3C(=O)C4C[C@H](C)N(C(=O)c5ccc(Br)c(C(F)(F)F)c5)CC4n4ncc(Cc5ccccc5)c43)cc2)N(C)O1. The van der Waals surface area contributed by atoms with E-state index in [0.29, 0.717) is 30.2 Å². The summed E-state index contributed by atoms with van der Waals surface area (Å²) in [7, 11) is 1.73. The van der Waals surface area contributed by atoms with Gasteiger partial charge in [0.1, 0.15) is 5.82 Å². The standard InChI is InChI=1S/C35H30BrF3N6O3/c1-20-15-27-30(19-43(20)33(46)24-11-14-29(36)28(17-24)35(37,38)39)45-32(25(18-40-45)16-22-7-5-4-6-8-22)44(34(27)47)26-12-9-23(10-13-26)31-41-21(2)48-42(31)3/h4-14,17-18,20,27,30H,2,15-16,19H2,1,3H3/t20-,27?,30?/m0/s1. The first-order valence-corrected chi connectivity index (χ1v) is 16.1. The Hall–Kier alpha value is -4.91. The van der Waals surface area contributed by atoms with E-state index in [1.807, 2.05) is 61.5 Å². The summed E-state index contributed by atoms with van der Waals surface area (Å²) in [6.45, 7) is 5.68. The van der Waals surface area contributed by atoms with Gasteiger partial charge in [-0.3, -0.25) is 14.5 Å². The van der Waals surface area contributed by atoms with E-state index in [4.69, 9.17) is 9.94 Å². The average Bonchev–Trinajstić information content (AvgIpc) is 3.62. The largest absolute Gasteiger partial charge is 0.417 e. The number of amidine groups is 1. The summed E-state index contributed by atoms with van der Waals surface area (Å²) in [5.41, 5.74) is 2.28. The number of amides is 2. The van der Waals surface area contributed by atoms with Gasteiger partial charge in [0.2, 0.25) is 11.8 Å². The van der Waals surface area contributed by atoms with Crippen molar-refractivity contribution in [1.29, 1.82) is 0 Å². The van der Waals surface area contributed by atoms with Crippen molar-refractivity contribution in [2.75, 3.05) is 18.5 Å². The molecule has 0 spiro atoms. The molecule has 0 saturated carbocycles. The molecule has 3 aromatic carbocycles. The lowest BCUT2D eigenvalue weighted by atomic mass is 9.84. The molecule has 0 bridgehead atoms. The number of carbonyl (C=O) groups is 2. The molecule has 2 amide bonds. The van der Waals surface area contributed by atoms with Crippen LogP contribution < -0.4 is 4.90 Å². The first-order chi connectivity index (χ1) is 22.9. The number of nitrogens with zero attached hydrogens (tertiary/aromatic N) is 6. The molecule has 0 N–H and O–H groups in total. The van der Waals surface area contributed by atoms with Crippen LogP contribution in [0.4, 0.5) is 24.7 Å². The molecular weight excluding hydrogens is 689 g/mol. The van der Waals surface area contributed by atoms with Gasteiger partial charge in [0.15, 0.2) is 5.84 Å². The maximum Gasteiger partial charge on any atom is 0.417 e. The van der Waals surface area contributed by atoms with E-state index in [-0.39, 0.29) is 28.4 Å². The number of piperidine rings is 1. The quantitative estimate of drug-likeness (QED) is 0.220. The molecule has 48 heavy (non-hydrogen) atoms. The fraction of sp³-hybridized carbons (Fsp3) is 0.257. The van der Waals surface area contributed by atoms with Crippen LogP contribution in [0.3, 0.4) is 0 Å². The molecule has 0 aliphatic carbocycles. The number of hydroxylamine groups is 2. The summed E-state index contributed by atoms with van der Waals surface area (Å²) in [6, 6.07) is 19.8. The second-order valence-electron chi connectivity index (χ2n) is 12.1. The molecule has 1 saturated heterocycles. The number of aliphatic imine (C=N–C) groups is 1. The van der Waals surface area contributed by atoms with Gasteiger partial charge >= 0.3 is 6.18 Å². The number of likely N-dealkylation sites (tertiary alicyclic amines) is 1. The predicted molar refractivity (Wildman–Crippen MR) is 176 cm³/mol. The van der Waals surface area contributed by atoms with Crippen molar-refractivity contribution in [3.63, 3.8) is 0 Å². The second-order valence-corrected chi connectivity index (χ2v) is 13.0. The Morgan fingerprint density at radius 2 is 1.81 bits per heavy atom. The van der Waals surface area contributed by atoms with E-state index >= 15 is 0 Å². The van der Waals surface area contributed by atoms with Gasteiger partial charge in [-0.15, -0.1) is 0 Å². The number of hydrogen-bond acceptors (Lipinski definition) is 6. The minimum absolute atomic E-state index is 0.0726. The van der Waals surface area contributed by atoms with Gasteiger partial charge < -0.3 is 9.74 Å². The number of anilines is 2. The van der Waals surface area contributed by atoms with Gasteiger partial charge in [0.05, 0.1) is 29.4 Å². The summed E-state index contributed by atoms with van der Waals surface area (Å²) >= 11 is 2.95. The zero-order valence-electron chi connectivity index (χ0n) is 26.0. The minimum atomic E-state index is -4.63. The Kier molecular flexibility index (Phi) is 7.89. The molecule has 13 heteroatoms. The number of halogens is 4. The van der Waals surface area contributed by atoms with Crippen LogP contribution in [0, 0.1) is 5.92 Å². The molecule has 7 rings (SSSR count). The van der Waals surface area contributed by atoms with Crippen LogP contribution in [-0.2, 0) is 22.2 Å². The van der Waals surface area contributed by atoms with Crippen molar-refractivity contribution in [1.82, 2.24) is 19.7 Å². The Bertz CT molecular complexity index is 1960. The Morgan fingerprint density at radius 1 is 1.08 bits per heavy atom. The molecule has 4 heterocycles. The van der Waals surface area contributed by atoms with Gasteiger partial charge in [0.25, 0.3) is 5.91 Å². The molecule has 0 radical (unpaired) electrons. The first-order valence-electron chi connectivity index (χ1n) is 15.3. The van der Waals surface area contributed by atoms with Gasteiger partial charge in [-0.1, -0.05) is 46.3 Å². The van der Waals surface area contributed by atoms with Crippen molar-refractivity contribution >= 4 is 45.1 Å². The normalized spacial score (nSPS) is 20.8. The molecule has 2 unspecified atom stereocenters. The number of hydrogen-bond donors (Lipinski definition) is 0. The number of aromatic nitrogens is 2. The van der Waals surface area contributed by atoms with Crippen LogP contribution in [0.25, 0.3) is 0 Å². The van der Waals surface area contributed by atoms with Crippen LogP contribution in [-0.4, -0.2) is 57.0 Å². The maximum absolute atomic E-state index is 14.5. The van der Waals surface area contributed by atoms with Crippen molar-refractivity contribution in [2.24, 2.45) is 10.9 Å². The molecule has 3 aliphatic rings. The van der Waals surface area contributed by atoms with Crippen molar-refractivity contribution in [3.8, 4) is 0 Å². The number of carbonyl (C=O) groups excluding carboxylic acids is 2. The van der Waals surface area contributed by atoms with Crippen molar-refractivity contribution in [2.45, 2.75) is 38.0 Å². The van der Waals surface area contributed by atoms with E-state index < -0.39 is 35.6 Å². The van der Waals surface area contributed by atoms with E-state index in [1.165, 1.54) is 17.2 Å². The summed E-state index contributed by atoms with van der Waals surface area (Å²) in [6.07, 6.45) is -2.07. The fourth-order valence-electron chi connectivity index (χ4n) is 6.75. The highest BCUT2D eigenvalue weighted by Gasteiger charge is 2.48. The van der Waals surface area contributed by atoms with Gasteiger partial charge in [-0.25, -0.2) is 4.68 Å². The number of fused-ring (bicyclic) bond motifs is 3. The highest BCUT2D eigenvalue weighted by atomic mass is 79.9.